The van der Waals surface area contributed by atoms with E-state index in [9.17, 15) is 9.59 Å². The second-order valence-electron chi connectivity index (χ2n) is 7.74. The number of methoxy groups -OCH3 is 1. The summed E-state index contributed by atoms with van der Waals surface area (Å²) in [7, 11) is 1.64. The molecule has 0 radical (unpaired) electrons. The Balaban J connectivity index is 1.59. The summed E-state index contributed by atoms with van der Waals surface area (Å²) in [4.78, 5) is 34.6. The Labute approximate surface area is 198 Å². The summed E-state index contributed by atoms with van der Waals surface area (Å²) in [5.74, 6) is 0.667. The summed E-state index contributed by atoms with van der Waals surface area (Å²) in [5.41, 5.74) is 3.15. The van der Waals surface area contributed by atoms with Gasteiger partial charge in [-0.2, -0.15) is 0 Å². The van der Waals surface area contributed by atoms with Crippen LogP contribution in [0.1, 0.15) is 28.4 Å². The second-order valence-corrected chi connectivity index (χ2v) is 8.75. The number of rotatable bonds is 5. The molecule has 0 saturated carbocycles. The highest BCUT2D eigenvalue weighted by Crippen LogP contribution is 2.34. The van der Waals surface area contributed by atoms with Gasteiger partial charge in [0.1, 0.15) is 5.75 Å². The smallest absolute Gasteiger partial charge is 0.266 e. The standard InChI is InChI=1S/C25H27N3O4S/c1-4-28-24(30)22(15-18-9-8-17(2)21(14-18)31-3)33-25(28)26-20-7-5-6-19(16-20)23(29)27-10-12-32-13-11-27/h5-9,14-16H,4,10-13H2,1-3H3/b22-15+,26-25?. The van der Waals surface area contributed by atoms with Crippen molar-refractivity contribution in [1.29, 1.82) is 0 Å². The zero-order chi connectivity index (χ0) is 23.4. The van der Waals surface area contributed by atoms with E-state index >= 15 is 0 Å². The minimum Gasteiger partial charge on any atom is -0.496 e. The first-order valence-electron chi connectivity index (χ1n) is 10.9. The number of morpholine rings is 1. The number of carbonyl (C=O) groups excluding carboxylic acids is 2. The van der Waals surface area contributed by atoms with Crippen LogP contribution < -0.4 is 4.74 Å². The van der Waals surface area contributed by atoms with Crippen LogP contribution in [0.4, 0.5) is 5.69 Å². The van der Waals surface area contributed by atoms with E-state index in [1.165, 1.54) is 11.8 Å². The molecule has 2 fully saturated rings. The van der Waals surface area contributed by atoms with Crippen LogP contribution in [0.25, 0.3) is 6.08 Å². The summed E-state index contributed by atoms with van der Waals surface area (Å²) in [6, 6.07) is 13.1. The van der Waals surface area contributed by atoms with Crippen molar-refractivity contribution in [3.8, 4) is 5.75 Å². The summed E-state index contributed by atoms with van der Waals surface area (Å²) in [6.07, 6.45) is 1.86. The van der Waals surface area contributed by atoms with Gasteiger partial charge in [0, 0.05) is 25.2 Å². The molecule has 0 atom stereocenters. The number of benzene rings is 2. The minimum absolute atomic E-state index is 0.0308. The number of amidine groups is 1. The maximum atomic E-state index is 13.0. The first kappa shape index (κ1) is 23.1. The van der Waals surface area contributed by atoms with Crippen molar-refractivity contribution in [3.63, 3.8) is 0 Å². The molecule has 2 aromatic carbocycles. The molecule has 0 unspecified atom stereocenters. The molecule has 0 aromatic heterocycles. The fourth-order valence-corrected chi connectivity index (χ4v) is 4.78. The fourth-order valence-electron chi connectivity index (χ4n) is 3.72. The molecular formula is C25H27N3O4S. The van der Waals surface area contributed by atoms with Crippen LogP contribution in [0.15, 0.2) is 52.4 Å². The number of ether oxygens (including phenoxy) is 2. The van der Waals surface area contributed by atoms with Gasteiger partial charge < -0.3 is 14.4 Å². The maximum absolute atomic E-state index is 13.0. The van der Waals surface area contributed by atoms with E-state index in [0.717, 1.165) is 16.9 Å². The molecule has 2 aromatic rings. The third-order valence-electron chi connectivity index (χ3n) is 5.55. The maximum Gasteiger partial charge on any atom is 0.266 e. The van der Waals surface area contributed by atoms with Crippen molar-refractivity contribution in [2.24, 2.45) is 4.99 Å². The molecule has 2 aliphatic rings. The predicted molar refractivity (Wildman–Crippen MR) is 131 cm³/mol. The van der Waals surface area contributed by atoms with Gasteiger partial charge in [0.05, 0.1) is 30.9 Å². The van der Waals surface area contributed by atoms with Gasteiger partial charge in [-0.25, -0.2) is 4.99 Å². The summed E-state index contributed by atoms with van der Waals surface area (Å²) in [6.45, 7) is 6.69. The minimum atomic E-state index is -0.0821. The Kier molecular flexibility index (Phi) is 7.15. The average Bonchev–Trinajstić information content (AvgIpc) is 3.13. The molecule has 4 rings (SSSR count). The van der Waals surface area contributed by atoms with Crippen LogP contribution >= 0.6 is 11.8 Å². The molecular weight excluding hydrogens is 438 g/mol. The van der Waals surface area contributed by atoms with Gasteiger partial charge in [0.15, 0.2) is 5.17 Å². The van der Waals surface area contributed by atoms with Gasteiger partial charge in [0.2, 0.25) is 0 Å². The van der Waals surface area contributed by atoms with E-state index in [1.807, 2.05) is 50.3 Å². The summed E-state index contributed by atoms with van der Waals surface area (Å²) >= 11 is 1.34. The molecule has 0 N–H and O–H groups in total. The van der Waals surface area contributed by atoms with E-state index in [2.05, 4.69) is 0 Å². The first-order chi connectivity index (χ1) is 16.0. The third-order valence-corrected chi connectivity index (χ3v) is 6.56. The number of amides is 2. The van der Waals surface area contributed by atoms with E-state index < -0.39 is 0 Å². The third kappa shape index (κ3) is 5.12. The highest BCUT2D eigenvalue weighted by Gasteiger charge is 2.32. The monoisotopic (exact) mass is 465 g/mol. The number of hydrogen-bond donors (Lipinski definition) is 0. The molecule has 33 heavy (non-hydrogen) atoms. The highest BCUT2D eigenvalue weighted by atomic mass is 32.2. The molecule has 2 amide bonds. The number of aryl methyl sites for hydroxylation is 1. The van der Waals surface area contributed by atoms with E-state index in [4.69, 9.17) is 14.5 Å². The lowest BCUT2D eigenvalue weighted by molar-refractivity contribution is -0.122. The lowest BCUT2D eigenvalue weighted by atomic mass is 10.1. The van der Waals surface area contributed by atoms with Gasteiger partial charge in [-0.05, 0) is 67.1 Å². The molecule has 2 aliphatic heterocycles. The molecule has 0 bridgehead atoms. The SMILES string of the molecule is CCN1C(=O)/C(=C\c2ccc(C)c(OC)c2)SC1=Nc1cccc(C(=O)N2CCOCC2)c1. The molecule has 8 heteroatoms. The van der Waals surface area contributed by atoms with Crippen molar-refractivity contribution in [2.45, 2.75) is 13.8 Å². The topological polar surface area (TPSA) is 71.4 Å². The number of aliphatic imine (C=N–C) groups is 1. The van der Waals surface area contributed by atoms with Crippen LogP contribution in [0.2, 0.25) is 0 Å². The van der Waals surface area contributed by atoms with Gasteiger partial charge in [-0.1, -0.05) is 18.2 Å². The van der Waals surface area contributed by atoms with Gasteiger partial charge in [0.25, 0.3) is 11.8 Å². The van der Waals surface area contributed by atoms with Crippen molar-refractivity contribution >= 4 is 40.5 Å². The zero-order valence-electron chi connectivity index (χ0n) is 19.0. The molecule has 0 aliphatic carbocycles. The molecule has 7 nitrogen and oxygen atoms in total. The Bertz CT molecular complexity index is 1120. The quantitative estimate of drug-likeness (QED) is 0.622. The average molecular weight is 466 g/mol. The summed E-state index contributed by atoms with van der Waals surface area (Å²) < 4.78 is 10.7. The van der Waals surface area contributed by atoms with Gasteiger partial charge >= 0.3 is 0 Å². The van der Waals surface area contributed by atoms with Crippen LogP contribution in [0, 0.1) is 6.92 Å². The lowest BCUT2D eigenvalue weighted by Crippen LogP contribution is -2.40. The van der Waals surface area contributed by atoms with Gasteiger partial charge in [-0.15, -0.1) is 0 Å². The van der Waals surface area contributed by atoms with Gasteiger partial charge in [-0.3, -0.25) is 14.5 Å². The number of thioether (sulfide) groups is 1. The predicted octanol–water partition coefficient (Wildman–Crippen LogP) is 4.10. The molecule has 172 valence electrons. The van der Waals surface area contributed by atoms with E-state index in [-0.39, 0.29) is 11.8 Å². The largest absolute Gasteiger partial charge is 0.496 e. The lowest BCUT2D eigenvalue weighted by Gasteiger charge is -2.26. The fraction of sp³-hybridized carbons (Fsp3) is 0.320. The van der Waals surface area contributed by atoms with Crippen molar-refractivity contribution in [3.05, 3.63) is 64.1 Å². The van der Waals surface area contributed by atoms with E-state index in [1.54, 1.807) is 29.0 Å². The molecule has 0 spiro atoms. The van der Waals surface area contributed by atoms with Crippen LogP contribution in [-0.4, -0.2) is 66.7 Å². The number of likely N-dealkylation sites (N-methyl/N-ethyl adjacent to an activating group) is 1. The van der Waals surface area contributed by atoms with Crippen LogP contribution in [0.5, 0.6) is 5.75 Å². The Morgan fingerprint density at radius 3 is 2.73 bits per heavy atom. The summed E-state index contributed by atoms with van der Waals surface area (Å²) in [5, 5.41) is 0.601. The van der Waals surface area contributed by atoms with E-state index in [0.29, 0.717) is 54.2 Å². The normalized spacial score (nSPS) is 18.9. The zero-order valence-corrected chi connectivity index (χ0v) is 19.9. The Morgan fingerprint density at radius 1 is 1.21 bits per heavy atom. The molecule has 2 heterocycles. The van der Waals surface area contributed by atoms with Crippen LogP contribution in [0.3, 0.4) is 0 Å². The molecule has 2 saturated heterocycles. The van der Waals surface area contributed by atoms with Crippen molar-refractivity contribution in [2.75, 3.05) is 40.0 Å². The van der Waals surface area contributed by atoms with Crippen LogP contribution in [-0.2, 0) is 9.53 Å². The van der Waals surface area contributed by atoms with Crippen molar-refractivity contribution < 1.29 is 19.1 Å². The highest BCUT2D eigenvalue weighted by molar-refractivity contribution is 8.18. The van der Waals surface area contributed by atoms with Crippen molar-refractivity contribution in [1.82, 2.24) is 9.80 Å². The Hall–Kier alpha value is -3.10. The first-order valence-corrected chi connectivity index (χ1v) is 11.7. The Morgan fingerprint density at radius 2 is 2.00 bits per heavy atom. The number of nitrogens with zero attached hydrogens (tertiary/aromatic N) is 3. The number of hydrogen-bond acceptors (Lipinski definition) is 6. The second kappa shape index (κ2) is 10.2. The number of carbonyl (C=O) groups is 2.